The van der Waals surface area contributed by atoms with Gasteiger partial charge in [-0.1, -0.05) is 0 Å². The van der Waals surface area contributed by atoms with E-state index >= 15 is 0 Å². The average molecular weight is 542 g/mol. The minimum absolute atomic E-state index is 0.0775. The Kier molecular flexibility index (Phi) is 11.7. The van der Waals surface area contributed by atoms with Crippen molar-refractivity contribution < 1.29 is 77.2 Å². The lowest BCUT2D eigenvalue weighted by Crippen LogP contribution is -2.17. The summed E-state index contributed by atoms with van der Waals surface area (Å²) >= 11 is 0. The second-order valence-corrected chi connectivity index (χ2v) is 6.37. The first-order chi connectivity index (χ1) is 18.3. The van der Waals surface area contributed by atoms with Crippen molar-refractivity contribution in [1.29, 1.82) is 0 Å². The van der Waals surface area contributed by atoms with E-state index in [0.29, 0.717) is 11.5 Å². The van der Waals surface area contributed by atoms with Gasteiger partial charge in [0.2, 0.25) is 0 Å². The van der Waals surface area contributed by atoms with Gasteiger partial charge in [-0.15, -0.1) is 0 Å². The number of hydrogen-bond donors (Lipinski definition) is 0. The predicted octanol–water partition coefficient (Wildman–Crippen LogP) is 2.73. The van der Waals surface area contributed by atoms with Gasteiger partial charge in [-0.3, -0.25) is 9.78 Å². The van der Waals surface area contributed by atoms with Crippen LogP contribution in [-0.2, 0) is 39.1 Å². The molecule has 0 fully saturated rings. The summed E-state index contributed by atoms with van der Waals surface area (Å²) in [6.07, 6.45) is -2.88. The highest BCUT2D eigenvalue weighted by molar-refractivity contribution is 5.93. The maximum Gasteiger partial charge on any atom is 0.543 e. The van der Waals surface area contributed by atoms with Crippen molar-refractivity contribution in [3.8, 4) is 23.0 Å². The smallest absolute Gasteiger partial charge is 0.497 e. The van der Waals surface area contributed by atoms with E-state index in [-0.39, 0.29) is 22.6 Å². The standard InChI is InChI=1S/C22H22O16/c1-27-13-5-7-17(29-3)15(11-13)19(23)33-37-35-21(25)31-9-10-32-22(26)36-38-34-20(24)16-12-14(28-2)6-8-18(16)30-4/h5-8,11-12H,9-10H2,1-4H3. The first-order valence-corrected chi connectivity index (χ1v) is 10.2. The van der Waals surface area contributed by atoms with Crippen molar-refractivity contribution in [1.82, 2.24) is 0 Å². The van der Waals surface area contributed by atoms with Crippen LogP contribution in [-0.4, -0.2) is 65.9 Å². The molecular weight excluding hydrogens is 520 g/mol. The minimum atomic E-state index is -1.44. The lowest BCUT2D eigenvalue weighted by molar-refractivity contribution is -0.453. The van der Waals surface area contributed by atoms with Gasteiger partial charge in [0.15, 0.2) is 0 Å². The molecule has 16 nitrogen and oxygen atoms in total. The maximum absolute atomic E-state index is 12.0. The summed E-state index contributed by atoms with van der Waals surface area (Å²) in [6.45, 7) is -1.06. The van der Waals surface area contributed by atoms with Crippen molar-refractivity contribution in [2.24, 2.45) is 0 Å². The zero-order valence-corrected chi connectivity index (χ0v) is 20.4. The van der Waals surface area contributed by atoms with Crippen molar-refractivity contribution in [2.75, 3.05) is 41.7 Å². The molecule has 0 aromatic heterocycles. The van der Waals surface area contributed by atoms with E-state index in [1.165, 1.54) is 52.7 Å². The van der Waals surface area contributed by atoms with Crippen LogP contribution in [0.15, 0.2) is 36.4 Å². The first-order valence-electron chi connectivity index (χ1n) is 10.2. The summed E-state index contributed by atoms with van der Waals surface area (Å²) in [5, 5.41) is 8.14. The third kappa shape index (κ3) is 8.92. The molecule has 0 saturated heterocycles. The van der Waals surface area contributed by atoms with E-state index in [0.717, 1.165) is 0 Å². The van der Waals surface area contributed by atoms with E-state index < -0.39 is 37.5 Å². The zero-order valence-electron chi connectivity index (χ0n) is 20.4. The number of ether oxygens (including phenoxy) is 6. The molecule has 206 valence electrons. The Bertz CT molecular complexity index is 1030. The van der Waals surface area contributed by atoms with Gasteiger partial charge < -0.3 is 28.4 Å². The van der Waals surface area contributed by atoms with E-state index in [4.69, 9.17) is 18.9 Å². The fourth-order valence-corrected chi connectivity index (χ4v) is 2.49. The lowest BCUT2D eigenvalue weighted by atomic mass is 10.2. The van der Waals surface area contributed by atoms with Gasteiger partial charge in [0.1, 0.15) is 47.3 Å². The maximum atomic E-state index is 12.0. The Hall–Kier alpha value is -4.96. The Balaban J connectivity index is 1.62. The van der Waals surface area contributed by atoms with Gasteiger partial charge in [0.25, 0.3) is 0 Å². The van der Waals surface area contributed by atoms with Crippen molar-refractivity contribution >= 4 is 24.2 Å². The van der Waals surface area contributed by atoms with Crippen LogP contribution in [0.2, 0.25) is 0 Å². The SMILES string of the molecule is COc1ccc(OC)c(C(=O)OOOC(=O)OCCOC(=O)OOOC(=O)c2cc(OC)ccc2OC)c1. The molecule has 2 rings (SSSR count). The second-order valence-electron chi connectivity index (χ2n) is 6.37. The number of benzene rings is 2. The molecule has 0 bridgehead atoms. The fraction of sp³-hybridized carbons (Fsp3) is 0.273. The molecule has 0 N–H and O–H groups in total. The van der Waals surface area contributed by atoms with E-state index in [1.807, 2.05) is 0 Å². The van der Waals surface area contributed by atoms with Gasteiger partial charge in [-0.25, -0.2) is 29.0 Å². The molecular formula is C22H22O16. The molecule has 38 heavy (non-hydrogen) atoms. The second kappa shape index (κ2) is 15.2. The van der Waals surface area contributed by atoms with Gasteiger partial charge in [-0.2, -0.15) is 0 Å². The third-order valence-corrected chi connectivity index (χ3v) is 4.20. The Labute approximate surface area is 214 Å². The lowest BCUT2D eigenvalue weighted by Gasteiger charge is -2.09. The largest absolute Gasteiger partial charge is 0.543 e. The van der Waals surface area contributed by atoms with Crippen molar-refractivity contribution in [3.63, 3.8) is 0 Å². The molecule has 0 saturated carbocycles. The van der Waals surface area contributed by atoms with Crippen LogP contribution in [0, 0.1) is 0 Å². The molecule has 0 heterocycles. The number of hydrogen-bond acceptors (Lipinski definition) is 16. The van der Waals surface area contributed by atoms with E-state index in [2.05, 4.69) is 39.1 Å². The van der Waals surface area contributed by atoms with Gasteiger partial charge in [0.05, 0.1) is 38.5 Å². The normalized spacial score (nSPS) is 9.89. The number of rotatable bonds is 13. The molecule has 16 heteroatoms. The van der Waals surface area contributed by atoms with Crippen LogP contribution < -0.4 is 18.9 Å². The fourth-order valence-electron chi connectivity index (χ4n) is 2.49. The number of carbonyl (C=O) groups is 4. The summed E-state index contributed by atoms with van der Waals surface area (Å²) in [6, 6.07) is 8.59. The van der Waals surface area contributed by atoms with Gasteiger partial charge >= 0.3 is 24.2 Å². The van der Waals surface area contributed by atoms with Crippen molar-refractivity contribution in [3.05, 3.63) is 47.5 Å². The van der Waals surface area contributed by atoms with Gasteiger partial charge in [0, 0.05) is 0 Å². The highest BCUT2D eigenvalue weighted by atomic mass is 17.5. The Morgan fingerprint density at radius 2 is 0.947 bits per heavy atom. The summed E-state index contributed by atoms with van der Waals surface area (Å²) in [4.78, 5) is 63.8. The Morgan fingerprint density at radius 1 is 0.553 bits per heavy atom. The topological polar surface area (TPSA) is 179 Å². The Morgan fingerprint density at radius 3 is 1.29 bits per heavy atom. The van der Waals surface area contributed by atoms with Crippen LogP contribution in [0.4, 0.5) is 9.59 Å². The summed E-state index contributed by atoms with van der Waals surface area (Å²) in [5.74, 6) is -1.18. The van der Waals surface area contributed by atoms with Crippen LogP contribution in [0.25, 0.3) is 0 Å². The van der Waals surface area contributed by atoms with Gasteiger partial charge in [-0.05, 0) is 36.4 Å². The molecule has 2 aromatic rings. The van der Waals surface area contributed by atoms with E-state index in [9.17, 15) is 19.2 Å². The molecule has 0 amide bonds. The third-order valence-electron chi connectivity index (χ3n) is 4.20. The molecule has 0 unspecified atom stereocenters. The molecule has 0 atom stereocenters. The highest BCUT2D eigenvalue weighted by Crippen LogP contribution is 2.25. The quantitative estimate of drug-likeness (QED) is 0.156. The van der Waals surface area contributed by atoms with Crippen LogP contribution in [0.5, 0.6) is 23.0 Å². The zero-order chi connectivity index (χ0) is 27.9. The predicted molar refractivity (Wildman–Crippen MR) is 117 cm³/mol. The molecule has 2 aromatic carbocycles. The van der Waals surface area contributed by atoms with Crippen LogP contribution in [0.1, 0.15) is 20.7 Å². The molecule has 0 aliphatic carbocycles. The van der Waals surface area contributed by atoms with Crippen LogP contribution in [0.3, 0.4) is 0 Å². The monoisotopic (exact) mass is 542 g/mol. The van der Waals surface area contributed by atoms with E-state index in [1.54, 1.807) is 12.1 Å². The summed E-state index contributed by atoms with van der Waals surface area (Å²) < 4.78 is 29.0. The molecule has 0 aliphatic heterocycles. The average Bonchev–Trinajstić information content (AvgIpc) is 2.94. The summed E-state index contributed by atoms with van der Waals surface area (Å²) in [7, 11) is 5.42. The molecule has 0 spiro atoms. The summed E-state index contributed by atoms with van der Waals surface area (Å²) in [5.41, 5.74) is -0.155. The molecule has 0 radical (unpaired) electrons. The highest BCUT2D eigenvalue weighted by Gasteiger charge is 2.19. The number of methoxy groups -OCH3 is 4. The van der Waals surface area contributed by atoms with Crippen LogP contribution >= 0.6 is 0 Å². The van der Waals surface area contributed by atoms with Crippen molar-refractivity contribution in [2.45, 2.75) is 0 Å². The minimum Gasteiger partial charge on any atom is -0.497 e. The molecule has 0 aliphatic rings. The first kappa shape index (κ1) is 29.3. The number of carbonyl (C=O) groups excluding carboxylic acids is 4.